The van der Waals surface area contributed by atoms with E-state index in [1.165, 1.54) is 12.1 Å². The first-order valence-electron chi connectivity index (χ1n) is 14.2. The first-order chi connectivity index (χ1) is 19.8. The number of carbonyl (C=O) groups excluding carboxylic acids is 2. The van der Waals surface area contributed by atoms with Crippen molar-refractivity contribution in [2.24, 2.45) is 0 Å². The number of rotatable bonds is 9. The molecule has 0 aliphatic heterocycles. The van der Waals surface area contributed by atoms with Crippen molar-refractivity contribution in [3.8, 4) is 22.5 Å². The fourth-order valence-electron chi connectivity index (χ4n) is 5.61. The standard InChI is InChI=1S/C34H29FN2O4/c1-3-27(38)30-26-16-22(10-13-29(26)40-31(30)20-8-11-24(35)12-9-20)25-17-23(5-4-19(25)2)28(39)18-34(14-15-34)33-36-32(37-41-33)21-6-7-21/h4-5,8-13,16-17,21H,3,6-7,14-15,18H2,1-2H3. The lowest BCUT2D eigenvalue weighted by Crippen LogP contribution is -2.14. The van der Waals surface area contributed by atoms with Crippen LogP contribution >= 0.6 is 0 Å². The lowest BCUT2D eigenvalue weighted by molar-refractivity contribution is 0.0961. The second-order valence-electron chi connectivity index (χ2n) is 11.4. The summed E-state index contributed by atoms with van der Waals surface area (Å²) in [5.74, 6) is 1.84. The van der Waals surface area contributed by atoms with Crippen LogP contribution in [0.4, 0.5) is 4.39 Å². The SMILES string of the molecule is CCC(=O)c1c(-c2ccc(F)cc2)oc2ccc(-c3cc(C(=O)CC4(c5nc(C6CC6)no5)CC4)ccc3C)cc12. The van der Waals surface area contributed by atoms with Crippen molar-refractivity contribution in [3.05, 3.63) is 94.9 Å². The van der Waals surface area contributed by atoms with Crippen LogP contribution in [0.1, 0.15) is 89.4 Å². The predicted molar refractivity (Wildman–Crippen MR) is 153 cm³/mol. The molecule has 7 heteroatoms. The molecule has 0 N–H and O–H groups in total. The molecule has 0 bridgehead atoms. The number of hydrogen-bond acceptors (Lipinski definition) is 6. The molecule has 2 aromatic heterocycles. The Morgan fingerprint density at radius 3 is 2.44 bits per heavy atom. The lowest BCUT2D eigenvalue weighted by Gasteiger charge is -2.12. The molecule has 7 rings (SSSR count). The van der Waals surface area contributed by atoms with E-state index in [1.54, 1.807) is 12.1 Å². The van der Waals surface area contributed by atoms with Crippen LogP contribution in [-0.2, 0) is 5.41 Å². The van der Waals surface area contributed by atoms with Crippen molar-refractivity contribution in [3.63, 3.8) is 0 Å². The van der Waals surface area contributed by atoms with Gasteiger partial charge >= 0.3 is 0 Å². The first kappa shape index (κ1) is 25.6. The molecule has 2 saturated carbocycles. The summed E-state index contributed by atoms with van der Waals surface area (Å²) >= 11 is 0. The van der Waals surface area contributed by atoms with E-state index in [-0.39, 0.29) is 22.8 Å². The maximum Gasteiger partial charge on any atom is 0.233 e. The summed E-state index contributed by atoms with van der Waals surface area (Å²) in [7, 11) is 0. The van der Waals surface area contributed by atoms with Gasteiger partial charge in [-0.1, -0.05) is 30.3 Å². The summed E-state index contributed by atoms with van der Waals surface area (Å²) in [4.78, 5) is 31.3. The van der Waals surface area contributed by atoms with E-state index in [0.717, 1.165) is 48.2 Å². The highest BCUT2D eigenvalue weighted by Gasteiger charge is 2.51. The van der Waals surface area contributed by atoms with Crippen LogP contribution in [-0.4, -0.2) is 21.7 Å². The maximum absolute atomic E-state index is 13.6. The van der Waals surface area contributed by atoms with E-state index < -0.39 is 0 Å². The molecule has 41 heavy (non-hydrogen) atoms. The van der Waals surface area contributed by atoms with Crippen LogP contribution in [0.25, 0.3) is 33.4 Å². The minimum atomic E-state index is -0.357. The van der Waals surface area contributed by atoms with Crippen molar-refractivity contribution in [1.29, 1.82) is 0 Å². The molecule has 6 nitrogen and oxygen atoms in total. The number of furan rings is 1. The highest BCUT2D eigenvalue weighted by Crippen LogP contribution is 2.52. The highest BCUT2D eigenvalue weighted by molar-refractivity contribution is 6.12. The summed E-state index contributed by atoms with van der Waals surface area (Å²) in [5, 5.41) is 4.86. The Kier molecular flexibility index (Phi) is 6.00. The van der Waals surface area contributed by atoms with Crippen LogP contribution in [0.15, 0.2) is 69.6 Å². The molecule has 2 aliphatic rings. The van der Waals surface area contributed by atoms with E-state index in [0.29, 0.717) is 58.1 Å². The molecular formula is C34H29FN2O4. The van der Waals surface area contributed by atoms with Crippen LogP contribution < -0.4 is 0 Å². The summed E-state index contributed by atoms with van der Waals surface area (Å²) in [6.45, 7) is 3.82. The Morgan fingerprint density at radius 1 is 0.976 bits per heavy atom. The molecule has 0 saturated heterocycles. The van der Waals surface area contributed by atoms with E-state index >= 15 is 0 Å². The van der Waals surface area contributed by atoms with Crippen LogP contribution in [0.3, 0.4) is 0 Å². The van der Waals surface area contributed by atoms with Gasteiger partial charge in [0.2, 0.25) is 5.89 Å². The van der Waals surface area contributed by atoms with Gasteiger partial charge in [0, 0.05) is 35.3 Å². The number of hydrogen-bond donors (Lipinski definition) is 0. The Labute approximate surface area is 236 Å². The molecule has 0 spiro atoms. The van der Waals surface area contributed by atoms with Crippen LogP contribution in [0, 0.1) is 12.7 Å². The molecule has 0 unspecified atom stereocenters. The monoisotopic (exact) mass is 548 g/mol. The molecule has 0 atom stereocenters. The van der Waals surface area contributed by atoms with Gasteiger partial charge in [-0.15, -0.1) is 0 Å². The molecule has 2 fully saturated rings. The van der Waals surface area contributed by atoms with E-state index in [2.05, 4.69) is 10.1 Å². The maximum atomic E-state index is 13.6. The van der Waals surface area contributed by atoms with Crippen molar-refractivity contribution in [2.45, 2.75) is 63.7 Å². The number of Topliss-reactive ketones (excluding diaryl/α,β-unsaturated/α-hetero) is 2. The molecule has 0 amide bonds. The zero-order valence-electron chi connectivity index (χ0n) is 23.0. The number of aryl methyl sites for hydroxylation is 1. The first-order valence-corrected chi connectivity index (χ1v) is 14.2. The summed E-state index contributed by atoms with van der Waals surface area (Å²) < 4.78 is 25.3. The third-order valence-corrected chi connectivity index (χ3v) is 8.46. The molecule has 206 valence electrons. The van der Waals surface area contributed by atoms with Gasteiger partial charge in [0.05, 0.1) is 11.0 Å². The Hall–Kier alpha value is -4.39. The quantitative estimate of drug-likeness (QED) is 0.172. The van der Waals surface area contributed by atoms with Gasteiger partial charge in [-0.3, -0.25) is 9.59 Å². The second kappa shape index (κ2) is 9.61. The average Bonchev–Trinajstić information content (AvgIpc) is 3.90. The number of nitrogens with zero attached hydrogens (tertiary/aromatic N) is 2. The number of carbonyl (C=O) groups is 2. The zero-order valence-corrected chi connectivity index (χ0v) is 23.0. The van der Waals surface area contributed by atoms with Crippen molar-refractivity contribution < 1.29 is 22.9 Å². The van der Waals surface area contributed by atoms with E-state index in [4.69, 9.17) is 8.94 Å². The van der Waals surface area contributed by atoms with Gasteiger partial charge in [-0.25, -0.2) is 4.39 Å². The molecule has 3 aromatic carbocycles. The normalized spacial score (nSPS) is 15.8. The fourth-order valence-corrected chi connectivity index (χ4v) is 5.61. The summed E-state index contributed by atoms with van der Waals surface area (Å²) in [6.07, 6.45) is 4.57. The van der Waals surface area contributed by atoms with Gasteiger partial charge in [0.25, 0.3) is 0 Å². The zero-order chi connectivity index (χ0) is 28.3. The Morgan fingerprint density at radius 2 is 1.73 bits per heavy atom. The van der Waals surface area contributed by atoms with Crippen LogP contribution in [0.5, 0.6) is 0 Å². The average molecular weight is 549 g/mol. The number of halogens is 1. The van der Waals surface area contributed by atoms with Crippen molar-refractivity contribution >= 4 is 22.5 Å². The third-order valence-electron chi connectivity index (χ3n) is 8.46. The molecule has 5 aromatic rings. The van der Waals surface area contributed by atoms with Gasteiger partial charge in [-0.2, -0.15) is 4.98 Å². The number of benzene rings is 3. The number of aromatic nitrogens is 2. The molecule has 2 heterocycles. The third kappa shape index (κ3) is 4.59. The number of ketones is 2. The summed E-state index contributed by atoms with van der Waals surface area (Å²) in [6, 6.07) is 17.5. The second-order valence-corrected chi connectivity index (χ2v) is 11.4. The Balaban J connectivity index is 1.23. The van der Waals surface area contributed by atoms with Crippen molar-refractivity contribution in [2.75, 3.05) is 0 Å². The summed E-state index contributed by atoms with van der Waals surface area (Å²) in [5.41, 5.74) is 4.79. The fraction of sp³-hybridized carbons (Fsp3) is 0.294. The predicted octanol–water partition coefficient (Wildman–Crippen LogP) is 8.37. The van der Waals surface area contributed by atoms with Gasteiger partial charge in [0.15, 0.2) is 17.4 Å². The van der Waals surface area contributed by atoms with Gasteiger partial charge in [-0.05, 0) is 91.8 Å². The topological polar surface area (TPSA) is 86.2 Å². The van der Waals surface area contributed by atoms with Gasteiger partial charge in [0.1, 0.15) is 17.2 Å². The minimum absolute atomic E-state index is 0.0414. The van der Waals surface area contributed by atoms with E-state index in [9.17, 15) is 14.0 Å². The lowest BCUT2D eigenvalue weighted by atomic mass is 9.91. The number of fused-ring (bicyclic) bond motifs is 1. The van der Waals surface area contributed by atoms with Crippen LogP contribution in [0.2, 0.25) is 0 Å². The minimum Gasteiger partial charge on any atom is -0.455 e. The molecular weight excluding hydrogens is 519 g/mol. The Bertz CT molecular complexity index is 1820. The van der Waals surface area contributed by atoms with E-state index in [1.807, 2.05) is 50.2 Å². The van der Waals surface area contributed by atoms with Gasteiger partial charge < -0.3 is 8.94 Å². The molecule has 0 radical (unpaired) electrons. The molecule has 2 aliphatic carbocycles. The largest absolute Gasteiger partial charge is 0.455 e. The highest BCUT2D eigenvalue weighted by atomic mass is 19.1. The van der Waals surface area contributed by atoms with Crippen molar-refractivity contribution in [1.82, 2.24) is 10.1 Å². The smallest absolute Gasteiger partial charge is 0.233 e.